The number of amidine groups is 1. The maximum atomic E-state index is 12.6. The molecule has 2 heterocycles. The van der Waals surface area contributed by atoms with Gasteiger partial charge in [-0.2, -0.15) is 0 Å². The van der Waals surface area contributed by atoms with Crippen molar-refractivity contribution in [2.75, 3.05) is 30.0 Å². The molecular formula is C23H22Cl2N4O3S. The Kier molecular flexibility index (Phi) is 7.17. The van der Waals surface area contributed by atoms with E-state index < -0.39 is 12.0 Å². The van der Waals surface area contributed by atoms with Gasteiger partial charge in [0.25, 0.3) is 0 Å². The first-order chi connectivity index (χ1) is 15.9. The first-order valence-corrected chi connectivity index (χ1v) is 12.0. The topological polar surface area (TPSA) is 83.0 Å². The van der Waals surface area contributed by atoms with E-state index in [2.05, 4.69) is 20.5 Å². The monoisotopic (exact) mass is 504 g/mol. The van der Waals surface area contributed by atoms with E-state index in [0.717, 1.165) is 29.4 Å². The Morgan fingerprint density at radius 3 is 2.48 bits per heavy atom. The van der Waals surface area contributed by atoms with Gasteiger partial charge in [0.05, 0.1) is 40.2 Å². The number of thioether (sulfide) groups is 1. The van der Waals surface area contributed by atoms with Gasteiger partial charge in [0.15, 0.2) is 5.17 Å². The number of nitrogens with one attached hydrogen (secondary N) is 2. The third kappa shape index (κ3) is 4.98. The van der Waals surface area contributed by atoms with Gasteiger partial charge >= 0.3 is 12.0 Å². The predicted octanol–water partition coefficient (Wildman–Crippen LogP) is 5.93. The fourth-order valence-electron chi connectivity index (χ4n) is 3.83. The van der Waals surface area contributed by atoms with Gasteiger partial charge in [-0.15, -0.1) is 0 Å². The number of carbonyl (C=O) groups is 2. The molecule has 4 rings (SSSR count). The van der Waals surface area contributed by atoms with Crippen LogP contribution in [-0.2, 0) is 9.53 Å². The highest BCUT2D eigenvalue weighted by atomic mass is 35.5. The van der Waals surface area contributed by atoms with Crippen molar-refractivity contribution in [3.05, 3.63) is 69.3 Å². The van der Waals surface area contributed by atoms with E-state index in [1.54, 1.807) is 42.1 Å². The minimum atomic E-state index is -0.469. The van der Waals surface area contributed by atoms with Crippen LogP contribution in [0.2, 0.25) is 10.0 Å². The molecule has 172 valence electrons. The number of carbonyl (C=O) groups excluding carboxylic acids is 2. The molecule has 2 aromatic rings. The molecule has 0 aliphatic carbocycles. The van der Waals surface area contributed by atoms with Crippen molar-refractivity contribution in [2.24, 2.45) is 4.99 Å². The Balaban J connectivity index is 1.55. The second kappa shape index (κ2) is 10.1. The number of methoxy groups -OCH3 is 1. The first kappa shape index (κ1) is 23.5. The van der Waals surface area contributed by atoms with E-state index in [4.69, 9.17) is 27.9 Å². The summed E-state index contributed by atoms with van der Waals surface area (Å²) in [6.45, 7) is 2.63. The fraction of sp³-hybridized carbons (Fsp3) is 0.261. The minimum absolute atomic E-state index is 0.303. The van der Waals surface area contributed by atoms with E-state index in [-0.39, 0.29) is 6.04 Å². The summed E-state index contributed by atoms with van der Waals surface area (Å²) in [5, 5.41) is 7.05. The minimum Gasteiger partial charge on any atom is -0.466 e. The number of hydrogen-bond donors (Lipinski definition) is 2. The van der Waals surface area contributed by atoms with Crippen LogP contribution in [0.1, 0.15) is 24.9 Å². The van der Waals surface area contributed by atoms with Crippen molar-refractivity contribution in [1.82, 2.24) is 4.90 Å². The summed E-state index contributed by atoms with van der Waals surface area (Å²) in [7, 11) is 1.38. The molecule has 10 heteroatoms. The fourth-order valence-corrected chi connectivity index (χ4v) is 5.34. The van der Waals surface area contributed by atoms with Gasteiger partial charge in [-0.3, -0.25) is 0 Å². The molecule has 0 bridgehead atoms. The van der Waals surface area contributed by atoms with Crippen molar-refractivity contribution in [1.29, 1.82) is 0 Å². The maximum absolute atomic E-state index is 12.6. The number of aliphatic imine (C=N–C) groups is 1. The van der Waals surface area contributed by atoms with Crippen molar-refractivity contribution in [3.8, 4) is 0 Å². The van der Waals surface area contributed by atoms with Gasteiger partial charge in [0.2, 0.25) is 0 Å². The summed E-state index contributed by atoms with van der Waals surface area (Å²) < 4.78 is 5.06. The third-order valence-corrected chi connectivity index (χ3v) is 7.06. The summed E-state index contributed by atoms with van der Waals surface area (Å²) >= 11 is 13.9. The molecule has 33 heavy (non-hydrogen) atoms. The molecule has 1 fully saturated rings. The molecule has 0 radical (unpaired) electrons. The number of anilines is 2. The molecular weight excluding hydrogens is 483 g/mol. The number of amides is 2. The quantitative estimate of drug-likeness (QED) is 0.503. The van der Waals surface area contributed by atoms with Crippen LogP contribution >= 0.6 is 35.0 Å². The Bertz CT molecular complexity index is 1130. The average molecular weight is 505 g/mol. The van der Waals surface area contributed by atoms with Gasteiger partial charge in [0, 0.05) is 18.0 Å². The van der Waals surface area contributed by atoms with Gasteiger partial charge in [0.1, 0.15) is 0 Å². The summed E-state index contributed by atoms with van der Waals surface area (Å²) in [5.41, 5.74) is 3.01. The number of nitrogens with zero attached hydrogens (tertiary/aromatic N) is 2. The highest BCUT2D eigenvalue weighted by Gasteiger charge is 2.37. The first-order valence-electron chi connectivity index (χ1n) is 10.3. The molecule has 2 aromatic carbocycles. The SMILES string of the molecule is COC(=O)C1=C(C)N=C2SCCCN2C1c1ccc(NC(=O)Nc2c(Cl)cccc2Cl)cc1. The normalized spacial score (nSPS) is 17.8. The zero-order valence-electron chi connectivity index (χ0n) is 18.0. The van der Waals surface area contributed by atoms with E-state index in [0.29, 0.717) is 32.7 Å². The van der Waals surface area contributed by atoms with E-state index in [1.807, 2.05) is 19.1 Å². The number of benzene rings is 2. The molecule has 1 unspecified atom stereocenters. The molecule has 0 saturated carbocycles. The molecule has 0 aromatic heterocycles. The zero-order valence-corrected chi connectivity index (χ0v) is 20.4. The highest BCUT2D eigenvalue weighted by molar-refractivity contribution is 8.13. The van der Waals surface area contributed by atoms with Crippen LogP contribution in [0.25, 0.3) is 0 Å². The van der Waals surface area contributed by atoms with Gasteiger partial charge in [-0.1, -0.05) is 53.2 Å². The van der Waals surface area contributed by atoms with Crippen molar-refractivity contribution in [2.45, 2.75) is 19.4 Å². The van der Waals surface area contributed by atoms with Gasteiger partial charge in [-0.25, -0.2) is 14.6 Å². The zero-order chi connectivity index (χ0) is 23.5. The van der Waals surface area contributed by atoms with Crippen molar-refractivity contribution in [3.63, 3.8) is 0 Å². The number of hydrogen-bond acceptors (Lipinski definition) is 6. The Hall–Kier alpha value is -2.68. The lowest BCUT2D eigenvalue weighted by Gasteiger charge is -2.40. The summed E-state index contributed by atoms with van der Waals surface area (Å²) in [6.07, 6.45) is 0.998. The van der Waals surface area contributed by atoms with Gasteiger partial charge < -0.3 is 20.3 Å². The van der Waals surface area contributed by atoms with Gasteiger partial charge in [-0.05, 0) is 43.2 Å². The summed E-state index contributed by atoms with van der Waals surface area (Å²) in [5.74, 6) is 0.602. The molecule has 1 atom stereocenters. The summed E-state index contributed by atoms with van der Waals surface area (Å²) in [4.78, 5) is 31.8. The van der Waals surface area contributed by atoms with Crippen LogP contribution in [0.15, 0.2) is 58.7 Å². The number of esters is 1. The molecule has 2 N–H and O–H groups in total. The van der Waals surface area contributed by atoms with Crippen LogP contribution in [0.5, 0.6) is 0 Å². The summed E-state index contributed by atoms with van der Waals surface area (Å²) in [6, 6.07) is 11.6. The smallest absolute Gasteiger partial charge is 0.338 e. The number of halogens is 2. The molecule has 0 spiro atoms. The second-order valence-electron chi connectivity index (χ2n) is 7.48. The van der Waals surface area contributed by atoms with Crippen LogP contribution in [0.4, 0.5) is 16.2 Å². The Labute approximate surface area is 206 Å². The Morgan fingerprint density at radius 1 is 1.12 bits per heavy atom. The molecule has 2 amide bonds. The maximum Gasteiger partial charge on any atom is 0.338 e. The lowest BCUT2D eigenvalue weighted by atomic mass is 9.94. The number of fused-ring (bicyclic) bond motifs is 1. The van der Waals surface area contributed by atoms with Crippen LogP contribution in [-0.4, -0.2) is 41.5 Å². The standard InChI is InChI=1S/C23H22Cl2N4O3S/c1-13-18(21(30)32-2)20(29-11-4-12-33-23(29)26-13)14-7-9-15(10-8-14)27-22(31)28-19-16(24)5-3-6-17(19)25/h3,5-10,20H,4,11-12H2,1-2H3,(H2,27,28,31). The number of rotatable bonds is 4. The third-order valence-electron chi connectivity index (χ3n) is 5.35. The highest BCUT2D eigenvalue weighted by Crippen LogP contribution is 2.40. The molecule has 2 aliphatic rings. The largest absolute Gasteiger partial charge is 0.466 e. The van der Waals surface area contributed by atoms with Crippen molar-refractivity contribution >= 4 is 63.5 Å². The van der Waals surface area contributed by atoms with Crippen molar-refractivity contribution < 1.29 is 14.3 Å². The van der Waals surface area contributed by atoms with Crippen LogP contribution in [0.3, 0.4) is 0 Å². The lowest BCUT2D eigenvalue weighted by molar-refractivity contribution is -0.136. The lowest BCUT2D eigenvalue weighted by Crippen LogP contribution is -2.42. The number of urea groups is 1. The number of ether oxygens (including phenoxy) is 1. The number of para-hydroxylation sites is 1. The second-order valence-corrected chi connectivity index (χ2v) is 9.36. The Morgan fingerprint density at radius 2 is 1.82 bits per heavy atom. The van der Waals surface area contributed by atoms with E-state index >= 15 is 0 Å². The predicted molar refractivity (Wildman–Crippen MR) is 134 cm³/mol. The molecule has 7 nitrogen and oxygen atoms in total. The van der Waals surface area contributed by atoms with Crippen LogP contribution in [0, 0.1) is 0 Å². The van der Waals surface area contributed by atoms with E-state index in [1.165, 1.54) is 7.11 Å². The molecule has 1 saturated heterocycles. The van der Waals surface area contributed by atoms with Crippen LogP contribution < -0.4 is 10.6 Å². The molecule has 2 aliphatic heterocycles. The number of allylic oxidation sites excluding steroid dienone is 1. The average Bonchev–Trinajstić information content (AvgIpc) is 2.81. The van der Waals surface area contributed by atoms with E-state index in [9.17, 15) is 9.59 Å².